The first-order chi connectivity index (χ1) is 9.90. The van der Waals surface area contributed by atoms with Gasteiger partial charge in [0.1, 0.15) is 12.2 Å². The SMILES string of the molecule is Cc1nn(C)c(C)c1CNC(=O)Cn1nccc1C(=O)O. The number of hydrogen-bond acceptors (Lipinski definition) is 4. The molecule has 112 valence electrons. The number of nitrogens with zero attached hydrogens (tertiary/aromatic N) is 4. The number of aromatic nitrogens is 4. The maximum Gasteiger partial charge on any atom is 0.354 e. The molecule has 8 heteroatoms. The van der Waals surface area contributed by atoms with E-state index >= 15 is 0 Å². The predicted octanol–water partition coefficient (Wildman–Crippen LogP) is 0.248. The lowest BCUT2D eigenvalue weighted by Gasteiger charge is -2.07. The summed E-state index contributed by atoms with van der Waals surface area (Å²) in [6.07, 6.45) is 1.35. The maximum absolute atomic E-state index is 11.9. The summed E-state index contributed by atoms with van der Waals surface area (Å²) in [7, 11) is 1.84. The topological polar surface area (TPSA) is 102 Å². The number of amides is 1. The van der Waals surface area contributed by atoms with Crippen LogP contribution >= 0.6 is 0 Å². The molecular weight excluding hydrogens is 274 g/mol. The van der Waals surface area contributed by atoms with Crippen molar-refractivity contribution in [1.82, 2.24) is 24.9 Å². The van der Waals surface area contributed by atoms with Gasteiger partial charge in [0.25, 0.3) is 0 Å². The highest BCUT2D eigenvalue weighted by Crippen LogP contribution is 2.11. The summed E-state index contributed by atoms with van der Waals surface area (Å²) >= 11 is 0. The average molecular weight is 291 g/mol. The second-order valence-corrected chi connectivity index (χ2v) is 4.73. The number of carboxylic acid groups (broad SMARTS) is 1. The molecule has 0 aromatic carbocycles. The number of carbonyl (C=O) groups excluding carboxylic acids is 1. The van der Waals surface area contributed by atoms with Gasteiger partial charge in [-0.3, -0.25) is 9.48 Å². The Kier molecular flexibility index (Phi) is 4.06. The summed E-state index contributed by atoms with van der Waals surface area (Å²) in [6.45, 7) is 4.03. The molecule has 0 saturated carbocycles. The van der Waals surface area contributed by atoms with Crippen molar-refractivity contribution in [3.63, 3.8) is 0 Å². The molecule has 0 bridgehead atoms. The zero-order valence-corrected chi connectivity index (χ0v) is 12.1. The highest BCUT2D eigenvalue weighted by atomic mass is 16.4. The Morgan fingerprint density at radius 2 is 2.10 bits per heavy atom. The first-order valence-electron chi connectivity index (χ1n) is 6.41. The summed E-state index contributed by atoms with van der Waals surface area (Å²) < 4.78 is 2.91. The van der Waals surface area contributed by atoms with Crippen molar-refractivity contribution in [2.24, 2.45) is 7.05 Å². The summed E-state index contributed by atoms with van der Waals surface area (Å²) in [6, 6.07) is 1.35. The Bertz CT molecular complexity index is 686. The number of carbonyl (C=O) groups is 2. The molecule has 2 heterocycles. The summed E-state index contributed by atoms with van der Waals surface area (Å²) in [5, 5.41) is 19.8. The molecule has 0 atom stereocenters. The minimum atomic E-state index is -1.11. The Morgan fingerprint density at radius 3 is 2.67 bits per heavy atom. The largest absolute Gasteiger partial charge is 0.477 e. The van der Waals surface area contributed by atoms with Gasteiger partial charge in [0.2, 0.25) is 5.91 Å². The average Bonchev–Trinajstić information content (AvgIpc) is 2.94. The molecule has 0 fully saturated rings. The quantitative estimate of drug-likeness (QED) is 0.822. The Morgan fingerprint density at radius 1 is 1.38 bits per heavy atom. The van der Waals surface area contributed by atoms with Crippen LogP contribution in [-0.2, 0) is 24.9 Å². The molecule has 2 N–H and O–H groups in total. The second kappa shape index (κ2) is 5.78. The van der Waals surface area contributed by atoms with Crippen molar-refractivity contribution in [3.05, 3.63) is 34.9 Å². The minimum Gasteiger partial charge on any atom is -0.477 e. The standard InChI is InChI=1S/C13H17N5O3/c1-8-10(9(2)17(3)16-8)6-14-12(19)7-18-11(13(20)21)4-5-15-18/h4-5H,6-7H2,1-3H3,(H,14,19)(H,20,21). The van der Waals surface area contributed by atoms with E-state index in [0.717, 1.165) is 21.6 Å². The number of rotatable bonds is 5. The maximum atomic E-state index is 11.9. The molecule has 0 spiro atoms. The zero-order chi connectivity index (χ0) is 15.6. The molecule has 0 saturated heterocycles. The molecule has 0 radical (unpaired) electrons. The lowest BCUT2D eigenvalue weighted by molar-refractivity contribution is -0.122. The van der Waals surface area contributed by atoms with Gasteiger partial charge in [-0.15, -0.1) is 0 Å². The van der Waals surface area contributed by atoms with Gasteiger partial charge in [-0.25, -0.2) is 9.48 Å². The summed E-state index contributed by atoms with van der Waals surface area (Å²) in [5.74, 6) is -1.41. The normalized spacial score (nSPS) is 10.6. The smallest absolute Gasteiger partial charge is 0.354 e. The Hall–Kier alpha value is -2.64. The van der Waals surface area contributed by atoms with E-state index < -0.39 is 5.97 Å². The van der Waals surface area contributed by atoms with Crippen LogP contribution in [0.5, 0.6) is 0 Å². The van der Waals surface area contributed by atoms with E-state index in [1.807, 2.05) is 20.9 Å². The van der Waals surface area contributed by atoms with Gasteiger partial charge in [0.15, 0.2) is 0 Å². The van der Waals surface area contributed by atoms with E-state index in [2.05, 4.69) is 15.5 Å². The van der Waals surface area contributed by atoms with Crippen molar-refractivity contribution in [2.75, 3.05) is 0 Å². The summed E-state index contributed by atoms with van der Waals surface area (Å²) in [4.78, 5) is 22.8. The monoisotopic (exact) mass is 291 g/mol. The van der Waals surface area contributed by atoms with Crippen LogP contribution in [-0.4, -0.2) is 36.5 Å². The molecule has 2 aromatic rings. The molecule has 21 heavy (non-hydrogen) atoms. The van der Waals surface area contributed by atoms with Gasteiger partial charge in [0, 0.05) is 31.0 Å². The van der Waals surface area contributed by atoms with E-state index in [1.165, 1.54) is 12.3 Å². The van der Waals surface area contributed by atoms with Crippen molar-refractivity contribution in [2.45, 2.75) is 26.9 Å². The molecular formula is C13H17N5O3. The lowest BCUT2D eigenvalue weighted by atomic mass is 10.2. The molecule has 8 nitrogen and oxygen atoms in total. The number of aromatic carboxylic acids is 1. The molecule has 1 amide bonds. The van der Waals surface area contributed by atoms with Crippen molar-refractivity contribution in [3.8, 4) is 0 Å². The highest BCUT2D eigenvalue weighted by molar-refractivity contribution is 5.86. The van der Waals surface area contributed by atoms with Crippen molar-refractivity contribution in [1.29, 1.82) is 0 Å². The number of nitrogens with one attached hydrogen (secondary N) is 1. The molecule has 2 rings (SSSR count). The first kappa shape index (κ1) is 14.8. The third-order valence-electron chi connectivity index (χ3n) is 3.35. The fourth-order valence-electron chi connectivity index (χ4n) is 2.09. The molecule has 0 aliphatic rings. The molecule has 0 aliphatic carbocycles. The van der Waals surface area contributed by atoms with Crippen LogP contribution in [0.1, 0.15) is 27.4 Å². The van der Waals surface area contributed by atoms with Crippen LogP contribution < -0.4 is 5.32 Å². The molecule has 0 aliphatic heterocycles. The van der Waals surface area contributed by atoms with Crippen LogP contribution in [0.4, 0.5) is 0 Å². The first-order valence-corrected chi connectivity index (χ1v) is 6.41. The molecule has 0 unspecified atom stereocenters. The third kappa shape index (κ3) is 3.10. The van der Waals surface area contributed by atoms with Gasteiger partial charge in [0.05, 0.1) is 5.69 Å². The van der Waals surface area contributed by atoms with Crippen LogP contribution in [0.25, 0.3) is 0 Å². The number of aryl methyl sites for hydroxylation is 2. The van der Waals surface area contributed by atoms with Gasteiger partial charge in [-0.05, 0) is 19.9 Å². The predicted molar refractivity (Wildman–Crippen MR) is 73.7 cm³/mol. The van der Waals surface area contributed by atoms with E-state index in [0.29, 0.717) is 6.54 Å². The Labute approximate surface area is 121 Å². The minimum absolute atomic E-state index is 0.0149. The van der Waals surface area contributed by atoms with Gasteiger partial charge >= 0.3 is 5.97 Å². The van der Waals surface area contributed by atoms with Crippen molar-refractivity contribution >= 4 is 11.9 Å². The van der Waals surface area contributed by atoms with E-state index in [1.54, 1.807) is 4.68 Å². The van der Waals surface area contributed by atoms with Crippen LogP contribution in [0.2, 0.25) is 0 Å². The van der Waals surface area contributed by atoms with E-state index in [9.17, 15) is 9.59 Å². The van der Waals surface area contributed by atoms with Gasteiger partial charge in [-0.1, -0.05) is 0 Å². The van der Waals surface area contributed by atoms with E-state index in [-0.39, 0.29) is 18.1 Å². The third-order valence-corrected chi connectivity index (χ3v) is 3.35. The van der Waals surface area contributed by atoms with Crippen LogP contribution in [0, 0.1) is 13.8 Å². The van der Waals surface area contributed by atoms with E-state index in [4.69, 9.17) is 5.11 Å². The zero-order valence-electron chi connectivity index (χ0n) is 12.1. The summed E-state index contributed by atoms with van der Waals surface area (Å²) in [5.41, 5.74) is 2.79. The van der Waals surface area contributed by atoms with Crippen molar-refractivity contribution < 1.29 is 14.7 Å². The molecule has 2 aromatic heterocycles. The fraction of sp³-hybridized carbons (Fsp3) is 0.385. The van der Waals surface area contributed by atoms with Crippen LogP contribution in [0.3, 0.4) is 0 Å². The Balaban J connectivity index is 1.99. The highest BCUT2D eigenvalue weighted by Gasteiger charge is 2.14. The number of hydrogen-bond donors (Lipinski definition) is 2. The van der Waals surface area contributed by atoms with Crippen LogP contribution in [0.15, 0.2) is 12.3 Å². The van der Waals surface area contributed by atoms with Gasteiger partial charge < -0.3 is 10.4 Å². The lowest BCUT2D eigenvalue weighted by Crippen LogP contribution is -2.29. The van der Waals surface area contributed by atoms with Gasteiger partial charge in [-0.2, -0.15) is 10.2 Å². The number of carboxylic acids is 1. The second-order valence-electron chi connectivity index (χ2n) is 4.73. The fourth-order valence-corrected chi connectivity index (χ4v) is 2.09.